The number of carbonyl (C=O) groups is 1. The summed E-state index contributed by atoms with van der Waals surface area (Å²) in [5.74, 6) is 1.08. The molecule has 2 fully saturated rings. The molecule has 1 aliphatic carbocycles. The summed E-state index contributed by atoms with van der Waals surface area (Å²) >= 11 is 0. The lowest BCUT2D eigenvalue weighted by atomic mass is 10.1. The third-order valence-corrected chi connectivity index (χ3v) is 4.69. The van der Waals surface area contributed by atoms with E-state index in [1.165, 1.54) is 6.20 Å². The van der Waals surface area contributed by atoms with Crippen LogP contribution in [-0.2, 0) is 4.74 Å². The molecule has 1 saturated heterocycles. The number of morpholine rings is 1. The largest absolute Gasteiger partial charge is 0.471 e. The van der Waals surface area contributed by atoms with Crippen LogP contribution in [0.25, 0.3) is 0 Å². The molecule has 2 aromatic rings. The van der Waals surface area contributed by atoms with Gasteiger partial charge in [-0.05, 0) is 25.8 Å². The van der Waals surface area contributed by atoms with Crippen molar-refractivity contribution in [1.29, 1.82) is 0 Å². The Morgan fingerprint density at radius 2 is 2.29 bits per heavy atom. The fraction of sp³-hybridized carbons (Fsp3) is 0.471. The average molecular weight is 329 g/mol. The standard InChI is InChI=1S/C17H19N3O4/c1-11-12(10-19-24-11)17(21)20-8-9-22-16-13(20)5-6-14(16)23-15-4-2-3-7-18-15/h2-4,7,10,13-14,16H,5-6,8-9H2,1H3/t13-,14+,16+/m1/s1. The lowest BCUT2D eigenvalue weighted by molar-refractivity contribution is -0.0793. The van der Waals surface area contributed by atoms with Crippen molar-refractivity contribution in [1.82, 2.24) is 15.0 Å². The molecule has 0 spiro atoms. The predicted molar refractivity (Wildman–Crippen MR) is 83.7 cm³/mol. The molecule has 2 aliphatic rings. The number of nitrogens with zero attached hydrogens (tertiary/aromatic N) is 3. The fourth-order valence-electron chi connectivity index (χ4n) is 3.52. The molecule has 24 heavy (non-hydrogen) atoms. The molecular weight excluding hydrogens is 310 g/mol. The second-order valence-electron chi connectivity index (χ2n) is 6.10. The number of fused-ring (bicyclic) bond motifs is 1. The molecule has 3 heterocycles. The molecule has 0 unspecified atom stereocenters. The summed E-state index contributed by atoms with van der Waals surface area (Å²) < 4.78 is 16.9. The van der Waals surface area contributed by atoms with Gasteiger partial charge in [0.05, 0.1) is 18.8 Å². The van der Waals surface area contributed by atoms with Crippen molar-refractivity contribution >= 4 is 5.91 Å². The average Bonchev–Trinajstić information content (AvgIpc) is 3.22. The lowest BCUT2D eigenvalue weighted by Crippen LogP contribution is -2.54. The van der Waals surface area contributed by atoms with E-state index in [1.807, 2.05) is 23.1 Å². The summed E-state index contributed by atoms with van der Waals surface area (Å²) in [6.07, 6.45) is 4.64. The second-order valence-corrected chi connectivity index (χ2v) is 6.10. The first-order chi connectivity index (χ1) is 11.7. The molecule has 7 nitrogen and oxygen atoms in total. The molecule has 1 amide bonds. The highest BCUT2D eigenvalue weighted by Gasteiger charge is 2.46. The van der Waals surface area contributed by atoms with Gasteiger partial charge in [0.25, 0.3) is 5.91 Å². The first kappa shape index (κ1) is 15.1. The Morgan fingerprint density at radius 1 is 1.38 bits per heavy atom. The van der Waals surface area contributed by atoms with Crippen LogP contribution in [0.5, 0.6) is 5.88 Å². The molecule has 126 valence electrons. The lowest BCUT2D eigenvalue weighted by Gasteiger charge is -2.38. The highest BCUT2D eigenvalue weighted by Crippen LogP contribution is 2.33. The van der Waals surface area contributed by atoms with Crippen LogP contribution in [-0.4, -0.2) is 52.3 Å². The number of aromatic nitrogens is 2. The minimum atomic E-state index is -0.134. The van der Waals surface area contributed by atoms with E-state index in [9.17, 15) is 4.79 Å². The molecule has 7 heteroatoms. The van der Waals surface area contributed by atoms with Crippen LogP contribution >= 0.6 is 0 Å². The Hall–Kier alpha value is -2.41. The second kappa shape index (κ2) is 6.24. The summed E-state index contributed by atoms with van der Waals surface area (Å²) in [6, 6.07) is 5.58. The Balaban J connectivity index is 1.50. The zero-order valence-corrected chi connectivity index (χ0v) is 13.4. The van der Waals surface area contributed by atoms with E-state index in [2.05, 4.69) is 10.1 Å². The van der Waals surface area contributed by atoms with Crippen molar-refractivity contribution in [3.05, 3.63) is 41.9 Å². The number of hydrogen-bond donors (Lipinski definition) is 0. The third kappa shape index (κ3) is 2.65. The summed E-state index contributed by atoms with van der Waals surface area (Å²) in [4.78, 5) is 18.9. The zero-order valence-electron chi connectivity index (χ0n) is 13.4. The maximum absolute atomic E-state index is 12.8. The van der Waals surface area contributed by atoms with Gasteiger partial charge in [0.15, 0.2) is 0 Å². The van der Waals surface area contributed by atoms with Gasteiger partial charge in [0, 0.05) is 18.8 Å². The number of amides is 1. The Bertz CT molecular complexity index is 718. The molecular formula is C17H19N3O4. The summed E-state index contributed by atoms with van der Waals surface area (Å²) in [6.45, 7) is 2.82. The van der Waals surface area contributed by atoms with E-state index in [-0.39, 0.29) is 24.2 Å². The van der Waals surface area contributed by atoms with Crippen molar-refractivity contribution in [2.75, 3.05) is 13.2 Å². The SMILES string of the molecule is Cc1oncc1C(=O)N1CCO[C@@H]2[C@@H](Oc3ccccn3)CC[C@H]21. The minimum Gasteiger partial charge on any atom is -0.471 e. The van der Waals surface area contributed by atoms with Crippen LogP contribution < -0.4 is 4.74 Å². The van der Waals surface area contributed by atoms with Gasteiger partial charge in [-0.2, -0.15) is 0 Å². The number of aryl methyl sites for hydroxylation is 1. The molecule has 3 atom stereocenters. The molecule has 1 saturated carbocycles. The molecule has 4 rings (SSSR count). The van der Waals surface area contributed by atoms with Gasteiger partial charge in [-0.1, -0.05) is 11.2 Å². The van der Waals surface area contributed by atoms with Gasteiger partial charge in [-0.3, -0.25) is 4.79 Å². The number of pyridine rings is 1. The van der Waals surface area contributed by atoms with Crippen LogP contribution in [0.3, 0.4) is 0 Å². The molecule has 0 N–H and O–H groups in total. The van der Waals surface area contributed by atoms with E-state index >= 15 is 0 Å². The van der Waals surface area contributed by atoms with Crippen LogP contribution in [0.2, 0.25) is 0 Å². The van der Waals surface area contributed by atoms with E-state index in [0.29, 0.717) is 30.4 Å². The highest BCUT2D eigenvalue weighted by atomic mass is 16.5. The van der Waals surface area contributed by atoms with Crippen LogP contribution in [0, 0.1) is 6.92 Å². The Kier molecular flexibility index (Phi) is 3.93. The summed E-state index contributed by atoms with van der Waals surface area (Å²) in [5.41, 5.74) is 0.518. The van der Waals surface area contributed by atoms with Gasteiger partial charge in [-0.25, -0.2) is 4.98 Å². The van der Waals surface area contributed by atoms with Crippen LogP contribution in [0.1, 0.15) is 29.0 Å². The van der Waals surface area contributed by atoms with E-state index in [4.69, 9.17) is 14.0 Å². The quantitative estimate of drug-likeness (QED) is 0.855. The molecule has 1 aliphatic heterocycles. The smallest absolute Gasteiger partial charge is 0.259 e. The maximum atomic E-state index is 12.8. The zero-order chi connectivity index (χ0) is 16.5. The molecule has 2 aromatic heterocycles. The van der Waals surface area contributed by atoms with Crippen molar-refractivity contribution in [2.24, 2.45) is 0 Å². The van der Waals surface area contributed by atoms with E-state index < -0.39 is 0 Å². The van der Waals surface area contributed by atoms with Gasteiger partial charge in [0.2, 0.25) is 5.88 Å². The third-order valence-electron chi connectivity index (χ3n) is 4.69. The number of ether oxygens (including phenoxy) is 2. The highest BCUT2D eigenvalue weighted by molar-refractivity contribution is 5.95. The first-order valence-corrected chi connectivity index (χ1v) is 8.15. The number of hydrogen-bond acceptors (Lipinski definition) is 6. The minimum absolute atomic E-state index is 0.00858. The first-order valence-electron chi connectivity index (χ1n) is 8.15. The van der Waals surface area contributed by atoms with Gasteiger partial charge < -0.3 is 18.9 Å². The molecule has 0 radical (unpaired) electrons. The topological polar surface area (TPSA) is 77.7 Å². The summed E-state index contributed by atoms with van der Waals surface area (Å²) in [7, 11) is 0. The van der Waals surface area contributed by atoms with E-state index in [1.54, 1.807) is 13.1 Å². The maximum Gasteiger partial charge on any atom is 0.259 e. The number of rotatable bonds is 3. The summed E-state index contributed by atoms with van der Waals surface area (Å²) in [5, 5.41) is 3.71. The van der Waals surface area contributed by atoms with Gasteiger partial charge >= 0.3 is 0 Å². The predicted octanol–water partition coefficient (Wildman–Crippen LogP) is 1.83. The normalized spacial score (nSPS) is 26.2. The fourth-order valence-corrected chi connectivity index (χ4v) is 3.52. The Labute approximate surface area is 139 Å². The van der Waals surface area contributed by atoms with Gasteiger partial charge in [-0.15, -0.1) is 0 Å². The van der Waals surface area contributed by atoms with Crippen molar-refractivity contribution in [3.63, 3.8) is 0 Å². The van der Waals surface area contributed by atoms with Crippen molar-refractivity contribution < 1.29 is 18.8 Å². The van der Waals surface area contributed by atoms with Crippen LogP contribution in [0.15, 0.2) is 35.1 Å². The Morgan fingerprint density at radius 3 is 3.04 bits per heavy atom. The number of carbonyl (C=O) groups excluding carboxylic acids is 1. The molecule has 0 aromatic carbocycles. The van der Waals surface area contributed by atoms with Crippen LogP contribution in [0.4, 0.5) is 0 Å². The van der Waals surface area contributed by atoms with E-state index in [0.717, 1.165) is 12.8 Å². The van der Waals surface area contributed by atoms with Gasteiger partial charge in [0.1, 0.15) is 23.5 Å². The van der Waals surface area contributed by atoms with Crippen molar-refractivity contribution in [3.8, 4) is 5.88 Å². The monoisotopic (exact) mass is 329 g/mol. The van der Waals surface area contributed by atoms with Crippen molar-refractivity contribution in [2.45, 2.75) is 38.0 Å². The molecule has 0 bridgehead atoms.